The third-order valence-electron chi connectivity index (χ3n) is 2.61. The lowest BCUT2D eigenvalue weighted by atomic mass is 10.3. The van der Waals surface area contributed by atoms with E-state index in [2.05, 4.69) is 15.3 Å². The summed E-state index contributed by atoms with van der Waals surface area (Å²) in [5.41, 5.74) is 2.66. The second-order valence-corrected chi connectivity index (χ2v) is 4.45. The smallest absolute Gasteiger partial charge is 0.310 e. The molecule has 0 aliphatic rings. The molecule has 0 radical (unpaired) electrons. The fraction of sp³-hybridized carbons (Fsp3) is 0.267. The van der Waals surface area contributed by atoms with E-state index in [0.717, 1.165) is 17.1 Å². The average Bonchev–Trinajstić information content (AvgIpc) is 2.39. The van der Waals surface area contributed by atoms with Gasteiger partial charge in [-0.3, -0.25) is 4.79 Å². The van der Waals surface area contributed by atoms with Crippen LogP contribution in [-0.4, -0.2) is 15.9 Å². The Hall–Kier alpha value is -2.43. The van der Waals surface area contributed by atoms with Crippen LogP contribution in [0.25, 0.3) is 0 Å². The van der Waals surface area contributed by atoms with Crippen molar-refractivity contribution in [1.29, 1.82) is 0 Å². The first-order valence-electron chi connectivity index (χ1n) is 6.47. The summed E-state index contributed by atoms with van der Waals surface area (Å²) in [7, 11) is 0. The zero-order chi connectivity index (χ0) is 14.5. The van der Waals surface area contributed by atoms with Gasteiger partial charge in [-0.2, -0.15) is 0 Å². The monoisotopic (exact) mass is 271 g/mol. The van der Waals surface area contributed by atoms with Crippen molar-refractivity contribution in [2.75, 3.05) is 5.32 Å². The van der Waals surface area contributed by atoms with E-state index in [1.54, 1.807) is 19.1 Å². The molecule has 1 aromatic carbocycles. The van der Waals surface area contributed by atoms with Crippen LogP contribution in [0.3, 0.4) is 0 Å². The van der Waals surface area contributed by atoms with Crippen LogP contribution in [0.4, 0.5) is 11.6 Å². The summed E-state index contributed by atoms with van der Waals surface area (Å²) >= 11 is 0. The molecule has 1 heterocycles. The molecule has 2 aromatic rings. The summed E-state index contributed by atoms with van der Waals surface area (Å²) < 4.78 is 5.11. The van der Waals surface area contributed by atoms with E-state index >= 15 is 0 Å². The summed E-state index contributed by atoms with van der Waals surface area (Å²) in [6, 6.07) is 9.02. The lowest BCUT2D eigenvalue weighted by Gasteiger charge is -2.07. The molecule has 0 bridgehead atoms. The lowest BCUT2D eigenvalue weighted by Crippen LogP contribution is -2.05. The number of ether oxygens (including phenoxy) is 1. The zero-order valence-corrected chi connectivity index (χ0v) is 11.8. The summed E-state index contributed by atoms with van der Waals surface area (Å²) in [6.07, 6.45) is 0.358. The molecule has 5 nitrogen and oxygen atoms in total. The minimum Gasteiger partial charge on any atom is -0.427 e. The molecule has 0 aliphatic carbocycles. The van der Waals surface area contributed by atoms with Crippen molar-refractivity contribution >= 4 is 17.6 Å². The number of benzene rings is 1. The van der Waals surface area contributed by atoms with Gasteiger partial charge in [0.15, 0.2) is 0 Å². The number of nitrogens with one attached hydrogen (secondary N) is 1. The maximum absolute atomic E-state index is 11.2. The summed E-state index contributed by atoms with van der Waals surface area (Å²) in [4.78, 5) is 19.8. The molecular formula is C15H17N3O2. The molecule has 20 heavy (non-hydrogen) atoms. The third kappa shape index (κ3) is 3.78. The molecule has 1 N–H and O–H groups in total. The molecule has 0 unspecified atom stereocenters. The van der Waals surface area contributed by atoms with Crippen molar-refractivity contribution in [3.63, 3.8) is 0 Å². The Morgan fingerprint density at radius 2 is 1.75 bits per heavy atom. The maximum Gasteiger partial charge on any atom is 0.310 e. The van der Waals surface area contributed by atoms with Gasteiger partial charge in [0.1, 0.15) is 5.75 Å². The van der Waals surface area contributed by atoms with Crippen molar-refractivity contribution in [3.8, 4) is 5.75 Å². The Labute approximate surface area is 118 Å². The van der Waals surface area contributed by atoms with Gasteiger partial charge < -0.3 is 10.1 Å². The Kier molecular flexibility index (Phi) is 4.30. The van der Waals surface area contributed by atoms with E-state index in [9.17, 15) is 4.79 Å². The van der Waals surface area contributed by atoms with E-state index < -0.39 is 0 Å². The molecule has 2 rings (SSSR count). The minimum absolute atomic E-state index is 0.247. The largest absolute Gasteiger partial charge is 0.427 e. The summed E-state index contributed by atoms with van der Waals surface area (Å²) in [5.74, 6) is 0.841. The standard InChI is InChI=1S/C15H17N3O2/c1-4-14(19)20-13-7-5-12(6-8-13)18-15-16-10(2)9-11(3)17-15/h5-9H,4H2,1-3H3,(H,16,17,18). The molecule has 5 heteroatoms. The van der Waals surface area contributed by atoms with E-state index in [1.807, 2.05) is 32.0 Å². The quantitative estimate of drug-likeness (QED) is 0.683. The predicted molar refractivity (Wildman–Crippen MR) is 77.2 cm³/mol. The fourth-order valence-electron chi connectivity index (χ4n) is 1.72. The molecular weight excluding hydrogens is 254 g/mol. The van der Waals surface area contributed by atoms with Gasteiger partial charge in [0, 0.05) is 23.5 Å². The molecule has 1 aromatic heterocycles. The Bertz CT molecular complexity index is 589. The fourth-order valence-corrected chi connectivity index (χ4v) is 1.72. The number of hydrogen-bond acceptors (Lipinski definition) is 5. The van der Waals surface area contributed by atoms with Crippen molar-refractivity contribution in [2.24, 2.45) is 0 Å². The van der Waals surface area contributed by atoms with Crippen LogP contribution >= 0.6 is 0 Å². The Morgan fingerprint density at radius 3 is 2.30 bits per heavy atom. The van der Waals surface area contributed by atoms with E-state index in [1.165, 1.54) is 0 Å². The molecule has 0 spiro atoms. The van der Waals surface area contributed by atoms with Crippen LogP contribution in [-0.2, 0) is 4.79 Å². The second-order valence-electron chi connectivity index (χ2n) is 4.45. The van der Waals surface area contributed by atoms with Gasteiger partial charge in [0.05, 0.1) is 0 Å². The number of esters is 1. The number of aromatic nitrogens is 2. The van der Waals surface area contributed by atoms with Gasteiger partial charge in [-0.1, -0.05) is 6.92 Å². The lowest BCUT2D eigenvalue weighted by molar-refractivity contribution is -0.134. The van der Waals surface area contributed by atoms with Gasteiger partial charge in [-0.05, 0) is 44.2 Å². The minimum atomic E-state index is -0.247. The molecule has 0 amide bonds. The van der Waals surface area contributed by atoms with Crippen LogP contribution in [0.1, 0.15) is 24.7 Å². The Balaban J connectivity index is 2.08. The number of aryl methyl sites for hydroxylation is 2. The number of carbonyl (C=O) groups is 1. The highest BCUT2D eigenvalue weighted by Gasteiger charge is 2.03. The van der Waals surface area contributed by atoms with Crippen LogP contribution in [0.15, 0.2) is 30.3 Å². The van der Waals surface area contributed by atoms with E-state index in [0.29, 0.717) is 18.1 Å². The topological polar surface area (TPSA) is 64.1 Å². The first-order valence-corrected chi connectivity index (χ1v) is 6.47. The highest BCUT2D eigenvalue weighted by Crippen LogP contribution is 2.19. The van der Waals surface area contributed by atoms with Crippen LogP contribution in [0.5, 0.6) is 5.75 Å². The highest BCUT2D eigenvalue weighted by molar-refractivity contribution is 5.72. The van der Waals surface area contributed by atoms with Gasteiger partial charge in [-0.15, -0.1) is 0 Å². The number of nitrogens with zero attached hydrogens (tertiary/aromatic N) is 2. The number of hydrogen-bond donors (Lipinski definition) is 1. The van der Waals surface area contributed by atoms with Crippen molar-refractivity contribution in [3.05, 3.63) is 41.7 Å². The molecule has 0 atom stereocenters. The van der Waals surface area contributed by atoms with Crippen LogP contribution in [0, 0.1) is 13.8 Å². The van der Waals surface area contributed by atoms with Gasteiger partial charge in [0.25, 0.3) is 0 Å². The number of anilines is 2. The van der Waals surface area contributed by atoms with Crippen molar-refractivity contribution < 1.29 is 9.53 Å². The third-order valence-corrected chi connectivity index (χ3v) is 2.61. The maximum atomic E-state index is 11.2. The van der Waals surface area contributed by atoms with Gasteiger partial charge >= 0.3 is 5.97 Å². The predicted octanol–water partition coefficient (Wildman–Crippen LogP) is 3.15. The SMILES string of the molecule is CCC(=O)Oc1ccc(Nc2nc(C)cc(C)n2)cc1. The van der Waals surface area contributed by atoms with Crippen molar-refractivity contribution in [1.82, 2.24) is 9.97 Å². The average molecular weight is 271 g/mol. The second kappa shape index (κ2) is 6.14. The zero-order valence-electron chi connectivity index (χ0n) is 11.8. The van der Waals surface area contributed by atoms with Gasteiger partial charge in [0.2, 0.25) is 5.95 Å². The first-order chi connectivity index (χ1) is 9.56. The molecule has 0 saturated carbocycles. The summed E-state index contributed by atoms with van der Waals surface area (Å²) in [5, 5.41) is 3.12. The van der Waals surface area contributed by atoms with E-state index in [4.69, 9.17) is 4.74 Å². The molecule has 0 fully saturated rings. The molecule has 0 saturated heterocycles. The van der Waals surface area contributed by atoms with Crippen molar-refractivity contribution in [2.45, 2.75) is 27.2 Å². The van der Waals surface area contributed by atoms with Crippen LogP contribution in [0.2, 0.25) is 0 Å². The molecule has 0 aliphatic heterocycles. The van der Waals surface area contributed by atoms with E-state index in [-0.39, 0.29) is 5.97 Å². The Morgan fingerprint density at radius 1 is 1.15 bits per heavy atom. The summed E-state index contributed by atoms with van der Waals surface area (Å²) in [6.45, 7) is 5.61. The number of carbonyl (C=O) groups excluding carboxylic acids is 1. The normalized spacial score (nSPS) is 10.2. The van der Waals surface area contributed by atoms with Crippen LogP contribution < -0.4 is 10.1 Å². The first kappa shape index (κ1) is 14.0. The van der Waals surface area contributed by atoms with Gasteiger partial charge in [-0.25, -0.2) is 9.97 Å². The number of rotatable bonds is 4. The highest BCUT2D eigenvalue weighted by atomic mass is 16.5. The molecule has 104 valence electrons.